The van der Waals surface area contributed by atoms with Crippen LogP contribution in [-0.4, -0.2) is 57.8 Å². The molecule has 0 unspecified atom stereocenters. The number of carbonyl (C=O) groups excluding carboxylic acids is 1. The zero-order valence-electron chi connectivity index (χ0n) is 13.6. The molecule has 2 rings (SSSR count). The molecule has 0 radical (unpaired) electrons. The maximum absolute atomic E-state index is 12.2. The lowest BCUT2D eigenvalue weighted by Crippen LogP contribution is -2.44. The van der Waals surface area contributed by atoms with Crippen molar-refractivity contribution in [3.8, 4) is 0 Å². The molecule has 2 heterocycles. The number of aliphatic hydroxyl groups excluding tert-OH is 1. The second-order valence-corrected chi connectivity index (χ2v) is 6.02. The van der Waals surface area contributed by atoms with Gasteiger partial charge in [0.05, 0.1) is 0 Å². The Morgan fingerprint density at radius 1 is 1.35 bits per heavy atom. The maximum Gasteiger partial charge on any atom is 0.331 e. The normalized spacial score (nSPS) is 18.8. The first-order valence-electron chi connectivity index (χ1n) is 7.82. The highest BCUT2D eigenvalue weighted by Crippen LogP contribution is 2.14. The highest BCUT2D eigenvalue weighted by atomic mass is 16.3. The number of rotatable bonds is 5. The monoisotopic (exact) mass is 324 g/mol. The number of piperidine rings is 1. The molecule has 1 amide bonds. The average Bonchev–Trinajstić information content (AvgIpc) is 2.56. The van der Waals surface area contributed by atoms with Gasteiger partial charge in [-0.25, -0.2) is 4.79 Å². The summed E-state index contributed by atoms with van der Waals surface area (Å²) in [5, 5.41) is 12.0. The summed E-state index contributed by atoms with van der Waals surface area (Å²) in [6.07, 6.45) is 2.08. The Balaban J connectivity index is 1.93. The van der Waals surface area contributed by atoms with E-state index < -0.39 is 17.2 Å². The van der Waals surface area contributed by atoms with E-state index >= 15 is 0 Å². The van der Waals surface area contributed by atoms with Gasteiger partial charge in [0.1, 0.15) is 5.69 Å². The van der Waals surface area contributed by atoms with Crippen molar-refractivity contribution in [2.24, 2.45) is 20.0 Å². The second-order valence-electron chi connectivity index (χ2n) is 6.02. The predicted molar refractivity (Wildman–Crippen MR) is 85.5 cm³/mol. The third kappa shape index (κ3) is 4.08. The number of aromatic nitrogens is 2. The van der Waals surface area contributed by atoms with Crippen LogP contribution in [0, 0.1) is 5.92 Å². The van der Waals surface area contributed by atoms with Gasteiger partial charge in [-0.1, -0.05) is 0 Å². The molecule has 1 aromatic heterocycles. The van der Waals surface area contributed by atoms with Gasteiger partial charge in [-0.05, 0) is 25.3 Å². The third-order valence-corrected chi connectivity index (χ3v) is 4.33. The minimum absolute atomic E-state index is 0.0602. The van der Waals surface area contributed by atoms with Crippen LogP contribution >= 0.6 is 0 Å². The van der Waals surface area contributed by atoms with E-state index in [1.165, 1.54) is 24.7 Å². The minimum atomic E-state index is -0.524. The van der Waals surface area contributed by atoms with Crippen molar-refractivity contribution in [1.82, 2.24) is 19.4 Å². The standard InChI is InChI=1S/C15H24N4O4/c1-17-12(8-13(21)18(2)15(17)23)14(22)16-5-7-19-6-3-4-11(9-19)10-20/h8,11,20H,3-7,9-10H2,1-2H3,(H,16,22)/t11-/m0/s1. The van der Waals surface area contributed by atoms with Crippen LogP contribution < -0.4 is 16.6 Å². The molecule has 0 aromatic carbocycles. The zero-order valence-corrected chi connectivity index (χ0v) is 13.6. The Morgan fingerprint density at radius 2 is 2.09 bits per heavy atom. The summed E-state index contributed by atoms with van der Waals surface area (Å²) < 4.78 is 2.12. The van der Waals surface area contributed by atoms with Crippen molar-refractivity contribution >= 4 is 5.91 Å². The number of hydrogen-bond acceptors (Lipinski definition) is 5. The average molecular weight is 324 g/mol. The van der Waals surface area contributed by atoms with Gasteiger partial charge >= 0.3 is 5.69 Å². The van der Waals surface area contributed by atoms with Crippen LogP contribution in [0.3, 0.4) is 0 Å². The van der Waals surface area contributed by atoms with E-state index in [0.29, 0.717) is 19.0 Å². The van der Waals surface area contributed by atoms with Crippen LogP contribution in [0.2, 0.25) is 0 Å². The number of amides is 1. The molecule has 0 saturated carbocycles. The number of carbonyl (C=O) groups is 1. The smallest absolute Gasteiger partial charge is 0.331 e. The van der Waals surface area contributed by atoms with E-state index in [1.807, 2.05) is 0 Å². The van der Waals surface area contributed by atoms with Crippen molar-refractivity contribution in [3.63, 3.8) is 0 Å². The molecule has 1 atom stereocenters. The quantitative estimate of drug-likeness (QED) is 0.688. The highest BCUT2D eigenvalue weighted by Gasteiger charge is 2.19. The first-order chi connectivity index (χ1) is 10.9. The van der Waals surface area contributed by atoms with Gasteiger partial charge in [0, 0.05) is 46.4 Å². The molecule has 0 bridgehead atoms. The fraction of sp³-hybridized carbons (Fsp3) is 0.667. The summed E-state index contributed by atoms with van der Waals surface area (Å²) >= 11 is 0. The van der Waals surface area contributed by atoms with Crippen molar-refractivity contribution in [2.45, 2.75) is 12.8 Å². The van der Waals surface area contributed by atoms with Gasteiger partial charge < -0.3 is 15.3 Å². The maximum atomic E-state index is 12.2. The van der Waals surface area contributed by atoms with E-state index in [1.54, 1.807) is 0 Å². The Labute approximate surface area is 134 Å². The first kappa shape index (κ1) is 17.4. The zero-order chi connectivity index (χ0) is 17.0. The van der Waals surface area contributed by atoms with Gasteiger partial charge in [-0.3, -0.25) is 18.7 Å². The molecular weight excluding hydrogens is 300 g/mol. The molecule has 8 heteroatoms. The number of aliphatic hydroxyl groups is 1. The molecule has 1 aromatic rings. The van der Waals surface area contributed by atoms with Crippen molar-refractivity contribution in [3.05, 3.63) is 32.6 Å². The summed E-state index contributed by atoms with van der Waals surface area (Å²) in [7, 11) is 2.84. The summed E-state index contributed by atoms with van der Waals surface area (Å²) in [6, 6.07) is 1.17. The molecule has 1 saturated heterocycles. The van der Waals surface area contributed by atoms with Gasteiger partial charge in [0.25, 0.3) is 11.5 Å². The van der Waals surface area contributed by atoms with Crippen LogP contribution in [0.15, 0.2) is 15.7 Å². The molecular formula is C15H24N4O4. The summed E-state index contributed by atoms with van der Waals surface area (Å²) in [6.45, 7) is 3.09. The number of nitrogens with zero attached hydrogens (tertiary/aromatic N) is 3. The topological polar surface area (TPSA) is 96.6 Å². The summed E-state index contributed by atoms with van der Waals surface area (Å²) in [4.78, 5) is 37.8. The fourth-order valence-corrected chi connectivity index (χ4v) is 2.87. The Hall–Kier alpha value is -1.93. The minimum Gasteiger partial charge on any atom is -0.396 e. The number of hydrogen-bond donors (Lipinski definition) is 2. The first-order valence-corrected chi connectivity index (χ1v) is 7.82. The van der Waals surface area contributed by atoms with E-state index in [2.05, 4.69) is 10.2 Å². The second kappa shape index (κ2) is 7.56. The molecule has 23 heavy (non-hydrogen) atoms. The fourth-order valence-electron chi connectivity index (χ4n) is 2.87. The highest BCUT2D eigenvalue weighted by molar-refractivity contribution is 5.92. The van der Waals surface area contributed by atoms with E-state index in [9.17, 15) is 19.5 Å². The van der Waals surface area contributed by atoms with Crippen LogP contribution in [0.5, 0.6) is 0 Å². The van der Waals surface area contributed by atoms with Gasteiger partial charge in [0.15, 0.2) is 0 Å². The molecule has 8 nitrogen and oxygen atoms in total. The molecule has 1 aliphatic heterocycles. The largest absolute Gasteiger partial charge is 0.396 e. The van der Waals surface area contributed by atoms with Crippen LogP contribution in [-0.2, 0) is 14.1 Å². The van der Waals surface area contributed by atoms with Gasteiger partial charge in [-0.15, -0.1) is 0 Å². The molecule has 2 N–H and O–H groups in total. The molecule has 0 aliphatic carbocycles. The Bertz CT molecular complexity index is 679. The van der Waals surface area contributed by atoms with Crippen LogP contribution in [0.1, 0.15) is 23.3 Å². The molecule has 1 fully saturated rings. The predicted octanol–water partition coefficient (Wildman–Crippen LogP) is -1.48. The van der Waals surface area contributed by atoms with Crippen molar-refractivity contribution in [1.29, 1.82) is 0 Å². The van der Waals surface area contributed by atoms with E-state index in [0.717, 1.165) is 30.5 Å². The van der Waals surface area contributed by atoms with Crippen LogP contribution in [0.25, 0.3) is 0 Å². The van der Waals surface area contributed by atoms with Gasteiger partial charge in [0.2, 0.25) is 0 Å². The van der Waals surface area contributed by atoms with Crippen molar-refractivity contribution in [2.75, 3.05) is 32.8 Å². The lowest BCUT2D eigenvalue weighted by atomic mass is 9.99. The third-order valence-electron chi connectivity index (χ3n) is 4.33. The molecule has 128 valence electrons. The Morgan fingerprint density at radius 3 is 2.78 bits per heavy atom. The molecule has 1 aliphatic rings. The Kier molecular flexibility index (Phi) is 5.73. The summed E-state index contributed by atoms with van der Waals surface area (Å²) in [5.41, 5.74) is -0.963. The summed E-state index contributed by atoms with van der Waals surface area (Å²) in [5.74, 6) is -0.129. The SMILES string of the molecule is Cn1c(C(=O)NCCN2CCC[C@H](CO)C2)cc(=O)n(C)c1=O. The lowest BCUT2D eigenvalue weighted by molar-refractivity contribution is 0.0921. The molecule has 0 spiro atoms. The van der Waals surface area contributed by atoms with Crippen molar-refractivity contribution < 1.29 is 9.90 Å². The van der Waals surface area contributed by atoms with E-state index in [-0.39, 0.29) is 12.3 Å². The number of nitrogens with one attached hydrogen (secondary N) is 1. The lowest BCUT2D eigenvalue weighted by Gasteiger charge is -2.31. The number of likely N-dealkylation sites (tertiary alicyclic amines) is 1. The van der Waals surface area contributed by atoms with E-state index in [4.69, 9.17) is 0 Å². The van der Waals surface area contributed by atoms with Gasteiger partial charge in [-0.2, -0.15) is 0 Å². The van der Waals surface area contributed by atoms with Crippen LogP contribution in [0.4, 0.5) is 0 Å².